The minimum absolute atomic E-state index is 0.0949. The van der Waals surface area contributed by atoms with E-state index in [2.05, 4.69) is 78.1 Å². The van der Waals surface area contributed by atoms with Gasteiger partial charge in [0.2, 0.25) is 0 Å². The van der Waals surface area contributed by atoms with Crippen LogP contribution >= 0.6 is 17.2 Å². The standard InChI is InChI=1S/C36H42ClN2O5P/c37-45(31-16-8-5-9-17-31,32-18-10-6-11-19-32,33-20-12-7-13-21-33)27-15-4-2-1-3-14-22-35(41)38-34(28-40)36(42)29-23-25-30(26-24-29)39(43)44/h5-13,16-21,23-26,34,36,40,42H,1-4,14-15,22,27-28H2,(H,38,41)/t34-,36-/m1/s1. The molecule has 0 fully saturated rings. The van der Waals surface area contributed by atoms with Crippen molar-refractivity contribution in [3.8, 4) is 0 Å². The van der Waals surface area contributed by atoms with Gasteiger partial charge in [0, 0.05) is 12.1 Å². The molecular formula is C36H42ClN2O5P. The predicted molar refractivity (Wildman–Crippen MR) is 185 cm³/mol. The first-order chi connectivity index (χ1) is 21.8. The first-order valence-electron chi connectivity index (χ1n) is 15.5. The normalized spacial score (nSPS) is 13.7. The minimum atomic E-state index is -3.24. The van der Waals surface area contributed by atoms with Gasteiger partial charge in [-0.05, 0) is 17.7 Å². The quantitative estimate of drug-likeness (QED) is 0.0522. The van der Waals surface area contributed by atoms with E-state index in [9.17, 15) is 25.1 Å². The summed E-state index contributed by atoms with van der Waals surface area (Å²) in [7, 11) is 0. The Kier molecular flexibility index (Phi) is 12.3. The zero-order chi connectivity index (χ0) is 32.1. The number of aliphatic hydroxyl groups excluding tert-OH is 2. The Morgan fingerprint density at radius 1 is 0.733 bits per heavy atom. The van der Waals surface area contributed by atoms with E-state index in [0.717, 1.165) is 38.3 Å². The molecule has 4 rings (SSSR count). The summed E-state index contributed by atoms with van der Waals surface area (Å²) < 4.78 is 0. The number of hydrogen-bond acceptors (Lipinski definition) is 5. The number of carbonyl (C=O) groups is 1. The SMILES string of the molecule is O=C(CCCCCCCCP(Cl)(c1ccccc1)(c1ccccc1)c1ccccc1)N[C@H](CO)[C@H](O)c1ccc([N+](=O)[O-])cc1. The van der Waals surface area contributed by atoms with Gasteiger partial charge >= 0.3 is 210 Å². The molecule has 0 spiro atoms. The van der Waals surface area contributed by atoms with Crippen molar-refractivity contribution in [2.45, 2.75) is 57.1 Å². The summed E-state index contributed by atoms with van der Waals surface area (Å²) in [6, 6.07) is 36.1. The van der Waals surface area contributed by atoms with Gasteiger partial charge in [0.15, 0.2) is 0 Å². The van der Waals surface area contributed by atoms with E-state index >= 15 is 0 Å². The molecule has 9 heteroatoms. The number of non-ortho nitro benzene ring substituents is 1. The first-order valence-corrected chi connectivity index (χ1v) is 18.8. The second-order valence-corrected chi connectivity index (χ2v) is 18.0. The van der Waals surface area contributed by atoms with Gasteiger partial charge in [-0.25, -0.2) is 0 Å². The van der Waals surface area contributed by atoms with Gasteiger partial charge in [0.25, 0.3) is 5.69 Å². The van der Waals surface area contributed by atoms with Crippen molar-refractivity contribution in [1.29, 1.82) is 0 Å². The maximum atomic E-state index is 12.5. The third-order valence-electron chi connectivity index (χ3n) is 8.49. The Balaban J connectivity index is 1.28. The van der Waals surface area contributed by atoms with Crippen molar-refractivity contribution in [1.82, 2.24) is 5.32 Å². The fourth-order valence-electron chi connectivity index (χ4n) is 5.98. The van der Waals surface area contributed by atoms with Crippen LogP contribution < -0.4 is 21.2 Å². The Morgan fingerprint density at radius 2 is 1.18 bits per heavy atom. The molecule has 238 valence electrons. The molecule has 4 aromatic rings. The molecule has 0 unspecified atom stereocenters. The number of nitro benzene ring substituents is 1. The summed E-state index contributed by atoms with van der Waals surface area (Å²) in [6.07, 6.45) is 5.57. The Morgan fingerprint density at radius 3 is 1.62 bits per heavy atom. The number of unbranched alkanes of at least 4 members (excludes halogenated alkanes) is 5. The Hall–Kier alpha value is -3.61. The fourth-order valence-corrected chi connectivity index (χ4v) is 12.2. The number of aliphatic hydroxyl groups is 2. The van der Waals surface area contributed by atoms with Gasteiger partial charge in [0.1, 0.15) is 0 Å². The van der Waals surface area contributed by atoms with Crippen LogP contribution in [0.5, 0.6) is 0 Å². The molecule has 0 saturated heterocycles. The molecule has 0 aromatic heterocycles. The monoisotopic (exact) mass is 648 g/mol. The van der Waals surface area contributed by atoms with Crippen LogP contribution in [0.15, 0.2) is 115 Å². The summed E-state index contributed by atoms with van der Waals surface area (Å²) in [5.74, 6) is -3.49. The van der Waals surface area contributed by atoms with E-state index in [1.165, 1.54) is 40.2 Å². The second-order valence-electron chi connectivity index (χ2n) is 11.4. The summed E-state index contributed by atoms with van der Waals surface area (Å²) >= 11 is 8.13. The molecule has 7 nitrogen and oxygen atoms in total. The van der Waals surface area contributed by atoms with Gasteiger partial charge in [-0.1, -0.05) is 0 Å². The van der Waals surface area contributed by atoms with Gasteiger partial charge in [-0.2, -0.15) is 0 Å². The zero-order valence-corrected chi connectivity index (χ0v) is 27.0. The Labute approximate surface area is 270 Å². The number of benzene rings is 4. The maximum absolute atomic E-state index is 12.5. The third-order valence-corrected chi connectivity index (χ3v) is 16.0. The van der Waals surface area contributed by atoms with E-state index in [-0.39, 0.29) is 18.0 Å². The molecular weight excluding hydrogens is 607 g/mol. The van der Waals surface area contributed by atoms with Crippen molar-refractivity contribution in [2.75, 3.05) is 12.8 Å². The molecule has 0 aliphatic rings. The van der Waals surface area contributed by atoms with Gasteiger partial charge in [0.05, 0.1) is 4.92 Å². The van der Waals surface area contributed by atoms with Crippen LogP contribution in [0.4, 0.5) is 5.69 Å². The van der Waals surface area contributed by atoms with E-state index in [0.29, 0.717) is 12.0 Å². The molecule has 0 aliphatic carbocycles. The van der Waals surface area contributed by atoms with Crippen molar-refractivity contribution >= 4 is 44.7 Å². The molecule has 3 N–H and O–H groups in total. The molecule has 0 bridgehead atoms. The van der Waals surface area contributed by atoms with Crippen LogP contribution in [0.2, 0.25) is 0 Å². The van der Waals surface area contributed by atoms with Gasteiger partial charge in [-0.3, -0.25) is 10.1 Å². The molecule has 45 heavy (non-hydrogen) atoms. The summed E-state index contributed by atoms with van der Waals surface area (Å²) in [5, 5.41) is 37.4. The van der Waals surface area contributed by atoms with Crippen LogP contribution in [0.3, 0.4) is 0 Å². The molecule has 4 aromatic carbocycles. The van der Waals surface area contributed by atoms with Crippen LogP contribution in [0.25, 0.3) is 0 Å². The molecule has 0 radical (unpaired) electrons. The van der Waals surface area contributed by atoms with Crippen molar-refractivity contribution < 1.29 is 19.9 Å². The summed E-state index contributed by atoms with van der Waals surface area (Å²) in [6.45, 7) is -0.454. The molecule has 0 saturated carbocycles. The Bertz CT molecular complexity index is 1410. The van der Waals surface area contributed by atoms with Crippen molar-refractivity contribution in [3.63, 3.8) is 0 Å². The molecule has 2 atom stereocenters. The number of rotatable bonds is 17. The average Bonchev–Trinajstić information content (AvgIpc) is 3.09. The van der Waals surface area contributed by atoms with Crippen LogP contribution in [0.1, 0.15) is 56.6 Å². The smallest absolute Gasteiger partial charge is 0.394 e. The summed E-state index contributed by atoms with van der Waals surface area (Å²) in [4.78, 5) is 22.9. The number of nitro groups is 1. The van der Waals surface area contributed by atoms with E-state index < -0.39 is 29.6 Å². The summed E-state index contributed by atoms with van der Waals surface area (Å²) in [5.41, 5.74) is 0.292. The number of nitrogens with one attached hydrogen (secondary N) is 1. The second kappa shape index (κ2) is 16.1. The number of amides is 1. The van der Waals surface area contributed by atoms with E-state index in [1.54, 1.807) is 0 Å². The topological polar surface area (TPSA) is 113 Å². The molecule has 0 aliphatic heterocycles. The average molecular weight is 649 g/mol. The minimum Gasteiger partial charge on any atom is -0.394 e. The first kappa shape index (κ1) is 34.3. The third kappa shape index (κ3) is 8.16. The van der Waals surface area contributed by atoms with Gasteiger partial charge in [-0.15, -0.1) is 0 Å². The van der Waals surface area contributed by atoms with E-state index in [4.69, 9.17) is 11.2 Å². The van der Waals surface area contributed by atoms with Crippen LogP contribution in [0, 0.1) is 10.1 Å². The zero-order valence-electron chi connectivity index (χ0n) is 25.4. The van der Waals surface area contributed by atoms with Crippen molar-refractivity contribution in [2.24, 2.45) is 0 Å². The van der Waals surface area contributed by atoms with Crippen molar-refractivity contribution in [3.05, 3.63) is 131 Å². The predicted octanol–water partition coefficient (Wildman–Crippen LogP) is 6.52. The van der Waals surface area contributed by atoms with E-state index in [1.807, 2.05) is 18.2 Å². The number of nitrogens with zero attached hydrogens (tertiary/aromatic N) is 1. The van der Waals surface area contributed by atoms with Crippen LogP contribution in [-0.4, -0.2) is 39.9 Å². The fraction of sp³-hybridized carbons (Fsp3) is 0.306. The number of halogens is 1. The molecule has 0 heterocycles. The van der Waals surface area contributed by atoms with Gasteiger partial charge < -0.3 is 10.2 Å². The molecule has 1 amide bonds. The number of carbonyl (C=O) groups excluding carboxylic acids is 1. The number of hydrogen-bond donors (Lipinski definition) is 3. The van der Waals surface area contributed by atoms with Crippen LogP contribution in [-0.2, 0) is 4.79 Å².